The highest BCUT2D eigenvalue weighted by Gasteiger charge is 2.38. The number of amides is 1. The summed E-state index contributed by atoms with van der Waals surface area (Å²) in [6.07, 6.45) is 1.27. The van der Waals surface area contributed by atoms with Gasteiger partial charge in [0.2, 0.25) is 11.8 Å². The molecule has 0 N–H and O–H groups in total. The maximum Gasteiger partial charge on any atom is 0.329 e. The second-order valence-electron chi connectivity index (χ2n) is 8.02. The van der Waals surface area contributed by atoms with Gasteiger partial charge in [0, 0.05) is 6.54 Å². The molecular weight excluding hydrogens is 402 g/mol. The average molecular weight is 429 g/mol. The van der Waals surface area contributed by atoms with Crippen molar-refractivity contribution in [3.05, 3.63) is 35.9 Å². The maximum atomic E-state index is 13.3. The van der Waals surface area contributed by atoms with Crippen molar-refractivity contribution < 1.29 is 28.5 Å². The lowest BCUT2D eigenvalue weighted by molar-refractivity contribution is -0.159. The third-order valence-corrected chi connectivity index (χ3v) is 4.59. The first-order valence-electron chi connectivity index (χ1n) is 9.99. The Bertz CT molecular complexity index is 934. The first-order valence-corrected chi connectivity index (χ1v) is 9.99. The third-order valence-electron chi connectivity index (χ3n) is 4.59. The number of methoxy groups -OCH3 is 2. The van der Waals surface area contributed by atoms with Gasteiger partial charge in [-0.1, -0.05) is 12.1 Å². The minimum atomic E-state index is -0.632. The number of hydrogen-bond donors (Lipinski definition) is 0. The number of nitrogens with zero attached hydrogens (tertiary/aromatic N) is 3. The molecule has 166 valence electrons. The molecule has 1 aromatic heterocycles. The van der Waals surface area contributed by atoms with Gasteiger partial charge in [0.1, 0.15) is 17.4 Å². The largest absolute Gasteiger partial charge is 0.481 e. The summed E-state index contributed by atoms with van der Waals surface area (Å²) in [7, 11) is 2.93. The van der Waals surface area contributed by atoms with Gasteiger partial charge in [0.25, 0.3) is 5.91 Å². The lowest BCUT2D eigenvalue weighted by Gasteiger charge is -2.27. The fourth-order valence-electron chi connectivity index (χ4n) is 3.25. The van der Waals surface area contributed by atoms with E-state index in [1.54, 1.807) is 45.0 Å². The molecule has 31 heavy (non-hydrogen) atoms. The van der Waals surface area contributed by atoms with Crippen LogP contribution in [0.25, 0.3) is 0 Å². The number of carbonyl (C=O) groups excluding carboxylic acids is 2. The predicted molar refractivity (Wildman–Crippen MR) is 112 cm³/mol. The average Bonchev–Trinajstić information content (AvgIpc) is 3.22. The molecule has 0 aliphatic carbocycles. The van der Waals surface area contributed by atoms with Crippen LogP contribution in [0, 0.1) is 0 Å². The molecule has 1 atom stereocenters. The molecule has 1 aliphatic heterocycles. The number of likely N-dealkylation sites (tertiary alicyclic amines) is 1. The molecule has 1 saturated heterocycles. The maximum absolute atomic E-state index is 13.3. The Morgan fingerprint density at radius 3 is 2.32 bits per heavy atom. The van der Waals surface area contributed by atoms with Gasteiger partial charge in [-0.3, -0.25) is 4.79 Å². The summed E-state index contributed by atoms with van der Waals surface area (Å²) < 4.78 is 21.6. The van der Waals surface area contributed by atoms with Crippen LogP contribution in [0.4, 0.5) is 0 Å². The SMILES string of the molecule is COc1cc(OC)nc(Oc2ccccc2C(=O)N2CCCC2C(=O)OC(C)(C)C)n1. The fraction of sp³-hybridized carbons (Fsp3) is 0.455. The van der Waals surface area contributed by atoms with Gasteiger partial charge in [-0.05, 0) is 45.7 Å². The number of esters is 1. The number of carbonyl (C=O) groups is 2. The molecule has 2 heterocycles. The number of aromatic nitrogens is 2. The zero-order chi connectivity index (χ0) is 22.6. The Morgan fingerprint density at radius 1 is 1.06 bits per heavy atom. The summed E-state index contributed by atoms with van der Waals surface area (Å²) in [6.45, 7) is 5.87. The molecular formula is C22H27N3O6. The summed E-state index contributed by atoms with van der Waals surface area (Å²) in [4.78, 5) is 35.8. The second-order valence-corrected chi connectivity index (χ2v) is 8.02. The summed E-state index contributed by atoms with van der Waals surface area (Å²) >= 11 is 0. The van der Waals surface area contributed by atoms with Crippen LogP contribution >= 0.6 is 0 Å². The molecule has 9 heteroatoms. The van der Waals surface area contributed by atoms with Crippen LogP contribution in [0.5, 0.6) is 23.5 Å². The van der Waals surface area contributed by atoms with Crippen LogP contribution < -0.4 is 14.2 Å². The van der Waals surface area contributed by atoms with Crippen LogP contribution in [0.2, 0.25) is 0 Å². The van der Waals surface area contributed by atoms with Crippen LogP contribution in [-0.4, -0.2) is 59.2 Å². The molecule has 1 fully saturated rings. The van der Waals surface area contributed by atoms with Crippen molar-refractivity contribution in [1.82, 2.24) is 14.9 Å². The van der Waals surface area contributed by atoms with Gasteiger partial charge in [-0.2, -0.15) is 9.97 Å². The van der Waals surface area contributed by atoms with Gasteiger partial charge in [0.05, 0.1) is 25.8 Å². The van der Waals surface area contributed by atoms with Crippen LogP contribution in [0.15, 0.2) is 30.3 Å². The first-order chi connectivity index (χ1) is 14.7. The smallest absolute Gasteiger partial charge is 0.329 e. The molecule has 2 aromatic rings. The standard InChI is InChI=1S/C22H27N3O6/c1-22(2,3)31-20(27)15-10-8-12-25(15)19(26)14-9-6-7-11-16(14)30-21-23-17(28-4)13-18(24-21)29-5/h6-7,9,11,13,15H,8,10,12H2,1-5H3. The van der Waals surface area contributed by atoms with Gasteiger partial charge < -0.3 is 23.8 Å². The van der Waals surface area contributed by atoms with E-state index < -0.39 is 17.6 Å². The highest BCUT2D eigenvalue weighted by atomic mass is 16.6. The molecule has 3 rings (SSSR count). The van der Waals surface area contributed by atoms with Crippen molar-refractivity contribution >= 4 is 11.9 Å². The summed E-state index contributed by atoms with van der Waals surface area (Å²) in [5.74, 6) is 0.0551. The van der Waals surface area contributed by atoms with E-state index in [4.69, 9.17) is 18.9 Å². The molecule has 0 bridgehead atoms. The molecule has 0 spiro atoms. The summed E-state index contributed by atoms with van der Waals surface area (Å²) in [5.41, 5.74) is -0.332. The number of ether oxygens (including phenoxy) is 4. The molecule has 1 aromatic carbocycles. The van der Waals surface area contributed by atoms with E-state index >= 15 is 0 Å². The van der Waals surface area contributed by atoms with E-state index in [2.05, 4.69) is 9.97 Å². The normalized spacial score (nSPS) is 16.0. The van der Waals surface area contributed by atoms with Gasteiger partial charge in [-0.15, -0.1) is 0 Å². The van der Waals surface area contributed by atoms with Crippen molar-refractivity contribution in [2.75, 3.05) is 20.8 Å². The van der Waals surface area contributed by atoms with Crippen LogP contribution in [-0.2, 0) is 9.53 Å². The zero-order valence-electron chi connectivity index (χ0n) is 18.4. The number of hydrogen-bond acceptors (Lipinski definition) is 8. The topological polar surface area (TPSA) is 100 Å². The van der Waals surface area contributed by atoms with E-state index in [0.29, 0.717) is 18.5 Å². The van der Waals surface area contributed by atoms with Crippen molar-refractivity contribution in [1.29, 1.82) is 0 Å². The Balaban J connectivity index is 1.86. The van der Waals surface area contributed by atoms with Crippen LogP contribution in [0.1, 0.15) is 44.0 Å². The monoisotopic (exact) mass is 429 g/mol. The van der Waals surface area contributed by atoms with Crippen molar-refractivity contribution in [3.63, 3.8) is 0 Å². The fourth-order valence-corrected chi connectivity index (χ4v) is 3.25. The molecule has 1 unspecified atom stereocenters. The number of rotatable bonds is 6. The van der Waals surface area contributed by atoms with Gasteiger partial charge in [-0.25, -0.2) is 4.79 Å². The Morgan fingerprint density at radius 2 is 1.71 bits per heavy atom. The molecule has 1 amide bonds. The lowest BCUT2D eigenvalue weighted by Crippen LogP contribution is -2.43. The van der Waals surface area contributed by atoms with Crippen molar-refractivity contribution in [3.8, 4) is 23.5 Å². The summed E-state index contributed by atoms with van der Waals surface area (Å²) in [5, 5.41) is 0. The number of para-hydroxylation sites is 1. The second kappa shape index (κ2) is 9.20. The van der Waals surface area contributed by atoms with Crippen molar-refractivity contribution in [2.24, 2.45) is 0 Å². The minimum Gasteiger partial charge on any atom is -0.481 e. The number of benzene rings is 1. The summed E-state index contributed by atoms with van der Waals surface area (Å²) in [6, 6.07) is 7.60. The Labute approximate surface area is 181 Å². The Hall–Kier alpha value is -3.36. The molecule has 1 aliphatic rings. The molecule has 0 radical (unpaired) electrons. The Kier molecular flexibility index (Phi) is 6.62. The molecule has 0 saturated carbocycles. The highest BCUT2D eigenvalue weighted by Crippen LogP contribution is 2.30. The quantitative estimate of drug-likeness (QED) is 0.645. The van der Waals surface area contributed by atoms with Crippen molar-refractivity contribution in [2.45, 2.75) is 45.3 Å². The predicted octanol–water partition coefficient (Wildman–Crippen LogP) is 3.23. The van der Waals surface area contributed by atoms with E-state index in [9.17, 15) is 9.59 Å². The highest BCUT2D eigenvalue weighted by molar-refractivity contribution is 5.99. The minimum absolute atomic E-state index is 0.0263. The molecule has 9 nitrogen and oxygen atoms in total. The third kappa shape index (κ3) is 5.42. The van der Waals surface area contributed by atoms with E-state index in [0.717, 1.165) is 6.42 Å². The van der Waals surface area contributed by atoms with Crippen LogP contribution in [0.3, 0.4) is 0 Å². The van der Waals surface area contributed by atoms with Gasteiger partial charge in [0.15, 0.2) is 0 Å². The zero-order valence-corrected chi connectivity index (χ0v) is 18.4. The van der Waals surface area contributed by atoms with E-state index in [1.807, 2.05) is 0 Å². The van der Waals surface area contributed by atoms with E-state index in [-0.39, 0.29) is 29.4 Å². The lowest BCUT2D eigenvalue weighted by atomic mass is 10.1. The van der Waals surface area contributed by atoms with Gasteiger partial charge >= 0.3 is 12.0 Å². The first kappa shape index (κ1) is 22.3. The van der Waals surface area contributed by atoms with E-state index in [1.165, 1.54) is 25.2 Å².